The van der Waals surface area contributed by atoms with Crippen LogP contribution in [0.15, 0.2) is 122 Å². The standard InChI is InChI=1S/C38H28N6O2S2/c1-23-33(43-37(47-23)29-7-4-18-39-21-29)25-14-16-31(17-15-25)41-35(45)26-10-12-27(13-11-26)36(46)42-32-9-3-6-28(20-32)34-24(2)48-38(44-34)30-8-5-19-40-22-30/h3-22H,1-2H3,(H,41,45)(H,42,46). The Labute approximate surface area is 285 Å². The van der Waals surface area contributed by atoms with Crippen LogP contribution in [0.5, 0.6) is 0 Å². The number of nitrogens with one attached hydrogen (secondary N) is 2. The van der Waals surface area contributed by atoms with E-state index in [9.17, 15) is 9.59 Å². The summed E-state index contributed by atoms with van der Waals surface area (Å²) in [6, 6.07) is 29.6. The lowest BCUT2D eigenvalue weighted by Crippen LogP contribution is -2.14. The van der Waals surface area contributed by atoms with Gasteiger partial charge in [0.2, 0.25) is 0 Å². The molecule has 2 N–H and O–H groups in total. The van der Waals surface area contributed by atoms with Crippen LogP contribution in [0, 0.1) is 13.8 Å². The molecule has 0 aliphatic carbocycles. The van der Waals surface area contributed by atoms with E-state index in [1.54, 1.807) is 65.5 Å². The molecular weight excluding hydrogens is 637 g/mol. The van der Waals surface area contributed by atoms with Gasteiger partial charge in [-0.2, -0.15) is 0 Å². The summed E-state index contributed by atoms with van der Waals surface area (Å²) in [6.07, 6.45) is 7.10. The van der Waals surface area contributed by atoms with Crippen LogP contribution in [-0.2, 0) is 0 Å². The molecule has 0 aliphatic rings. The fraction of sp³-hybridized carbons (Fsp3) is 0.0526. The van der Waals surface area contributed by atoms with Gasteiger partial charge in [0.05, 0.1) is 11.4 Å². The van der Waals surface area contributed by atoms with E-state index in [0.717, 1.165) is 53.4 Å². The molecule has 3 aromatic carbocycles. The maximum absolute atomic E-state index is 13.1. The molecule has 0 saturated heterocycles. The fourth-order valence-electron chi connectivity index (χ4n) is 5.19. The quantitative estimate of drug-likeness (QED) is 0.168. The summed E-state index contributed by atoms with van der Waals surface area (Å²) >= 11 is 3.23. The minimum Gasteiger partial charge on any atom is -0.322 e. The van der Waals surface area contributed by atoms with Crippen LogP contribution in [0.2, 0.25) is 0 Å². The van der Waals surface area contributed by atoms with E-state index in [1.807, 2.05) is 92.8 Å². The molecule has 0 radical (unpaired) electrons. The summed E-state index contributed by atoms with van der Waals surface area (Å²) < 4.78 is 0. The van der Waals surface area contributed by atoms with Gasteiger partial charge < -0.3 is 10.6 Å². The number of hydrogen-bond donors (Lipinski definition) is 2. The van der Waals surface area contributed by atoms with E-state index in [2.05, 4.69) is 20.6 Å². The third kappa shape index (κ3) is 6.66. The Balaban J connectivity index is 0.987. The number of rotatable bonds is 8. The molecule has 10 heteroatoms. The van der Waals surface area contributed by atoms with Gasteiger partial charge in [0.15, 0.2) is 0 Å². The molecule has 7 rings (SSSR count). The number of anilines is 2. The van der Waals surface area contributed by atoms with Crippen LogP contribution in [0.1, 0.15) is 30.5 Å². The van der Waals surface area contributed by atoms with Gasteiger partial charge in [0, 0.05) is 79.3 Å². The predicted octanol–water partition coefficient (Wildman–Crippen LogP) is 9.18. The Morgan fingerprint density at radius 3 is 1.56 bits per heavy atom. The molecule has 8 nitrogen and oxygen atoms in total. The van der Waals surface area contributed by atoms with Crippen LogP contribution in [0.4, 0.5) is 11.4 Å². The van der Waals surface area contributed by atoms with Gasteiger partial charge in [-0.1, -0.05) is 24.3 Å². The Bertz CT molecular complexity index is 2230. The van der Waals surface area contributed by atoms with Crippen molar-refractivity contribution < 1.29 is 9.59 Å². The first-order valence-electron chi connectivity index (χ1n) is 15.1. The number of aryl methyl sites for hydroxylation is 2. The minimum atomic E-state index is -0.273. The van der Waals surface area contributed by atoms with Gasteiger partial charge >= 0.3 is 0 Å². The van der Waals surface area contributed by atoms with Gasteiger partial charge in [-0.3, -0.25) is 19.6 Å². The van der Waals surface area contributed by atoms with Crippen molar-refractivity contribution in [2.24, 2.45) is 0 Å². The van der Waals surface area contributed by atoms with Crippen molar-refractivity contribution in [3.05, 3.63) is 143 Å². The summed E-state index contributed by atoms with van der Waals surface area (Å²) in [6.45, 7) is 4.08. The molecule has 0 atom stereocenters. The number of carbonyl (C=O) groups is 2. The van der Waals surface area contributed by atoms with E-state index in [0.29, 0.717) is 22.5 Å². The molecule has 0 fully saturated rings. The second-order valence-corrected chi connectivity index (χ2v) is 13.4. The van der Waals surface area contributed by atoms with Crippen molar-refractivity contribution in [3.63, 3.8) is 0 Å². The molecule has 0 spiro atoms. The fourth-order valence-corrected chi connectivity index (χ4v) is 7.04. The zero-order chi connectivity index (χ0) is 33.0. The van der Waals surface area contributed by atoms with E-state index >= 15 is 0 Å². The minimum absolute atomic E-state index is 0.268. The molecule has 48 heavy (non-hydrogen) atoms. The SMILES string of the molecule is Cc1sc(-c2cccnc2)nc1-c1ccc(NC(=O)c2ccc(C(=O)Nc3cccc(-c4nc(-c5cccnc5)sc4C)c3)cc2)cc1. The van der Waals surface area contributed by atoms with Crippen LogP contribution >= 0.6 is 22.7 Å². The first kappa shape index (κ1) is 30.8. The Hall–Kier alpha value is -5.84. The third-order valence-corrected chi connectivity index (χ3v) is 9.67. The lowest BCUT2D eigenvalue weighted by atomic mass is 10.1. The number of benzene rings is 3. The maximum atomic E-state index is 13.1. The van der Waals surface area contributed by atoms with E-state index in [4.69, 9.17) is 9.97 Å². The Kier molecular flexibility index (Phi) is 8.65. The zero-order valence-electron chi connectivity index (χ0n) is 26.0. The molecule has 2 amide bonds. The first-order valence-corrected chi connectivity index (χ1v) is 16.7. The van der Waals surface area contributed by atoms with Crippen molar-refractivity contribution >= 4 is 45.9 Å². The molecule has 0 bridgehead atoms. The first-order chi connectivity index (χ1) is 23.4. The van der Waals surface area contributed by atoms with Gasteiger partial charge in [0.1, 0.15) is 10.0 Å². The summed E-state index contributed by atoms with van der Waals surface area (Å²) in [5.41, 5.74) is 7.80. The van der Waals surface area contributed by atoms with Gasteiger partial charge in [-0.15, -0.1) is 22.7 Å². The highest BCUT2D eigenvalue weighted by Crippen LogP contribution is 2.35. The lowest BCUT2D eigenvalue weighted by Gasteiger charge is -2.09. The molecule has 4 aromatic heterocycles. The van der Waals surface area contributed by atoms with Crippen molar-refractivity contribution in [1.82, 2.24) is 19.9 Å². The van der Waals surface area contributed by atoms with Crippen molar-refractivity contribution in [2.75, 3.05) is 10.6 Å². The molecule has 234 valence electrons. The van der Waals surface area contributed by atoms with Crippen molar-refractivity contribution in [3.8, 4) is 43.7 Å². The van der Waals surface area contributed by atoms with Crippen LogP contribution < -0.4 is 10.6 Å². The van der Waals surface area contributed by atoms with Crippen LogP contribution in [0.25, 0.3) is 43.7 Å². The van der Waals surface area contributed by atoms with Gasteiger partial charge in [-0.05, 0) is 86.6 Å². The number of hydrogen-bond acceptors (Lipinski definition) is 8. The monoisotopic (exact) mass is 664 g/mol. The second kappa shape index (κ2) is 13.5. The largest absolute Gasteiger partial charge is 0.322 e. The molecular formula is C38H28N6O2S2. The number of carbonyl (C=O) groups excluding carboxylic acids is 2. The number of aromatic nitrogens is 4. The van der Waals surface area contributed by atoms with Gasteiger partial charge in [0.25, 0.3) is 11.8 Å². The highest BCUT2D eigenvalue weighted by molar-refractivity contribution is 7.15. The Morgan fingerprint density at radius 1 is 0.542 bits per heavy atom. The summed E-state index contributed by atoms with van der Waals surface area (Å²) in [7, 11) is 0. The molecule has 7 aromatic rings. The molecule has 0 unspecified atom stereocenters. The topological polar surface area (TPSA) is 110 Å². The maximum Gasteiger partial charge on any atom is 0.255 e. The smallest absolute Gasteiger partial charge is 0.255 e. The summed E-state index contributed by atoms with van der Waals surface area (Å²) in [4.78, 5) is 46.4. The van der Waals surface area contributed by atoms with Crippen LogP contribution in [0.3, 0.4) is 0 Å². The molecule has 0 aliphatic heterocycles. The lowest BCUT2D eigenvalue weighted by molar-refractivity contribution is 0.101. The number of pyridine rings is 2. The average molecular weight is 665 g/mol. The number of thiazole rings is 2. The average Bonchev–Trinajstić information content (AvgIpc) is 3.72. The van der Waals surface area contributed by atoms with Crippen molar-refractivity contribution in [2.45, 2.75) is 13.8 Å². The number of nitrogens with zero attached hydrogens (tertiary/aromatic N) is 4. The van der Waals surface area contributed by atoms with Crippen molar-refractivity contribution in [1.29, 1.82) is 0 Å². The zero-order valence-corrected chi connectivity index (χ0v) is 27.6. The highest BCUT2D eigenvalue weighted by Gasteiger charge is 2.15. The predicted molar refractivity (Wildman–Crippen MR) is 193 cm³/mol. The normalized spacial score (nSPS) is 10.9. The van der Waals surface area contributed by atoms with Crippen LogP contribution in [-0.4, -0.2) is 31.8 Å². The third-order valence-electron chi connectivity index (χ3n) is 7.63. The number of amides is 2. The second-order valence-electron chi connectivity index (χ2n) is 11.0. The highest BCUT2D eigenvalue weighted by atomic mass is 32.1. The van der Waals surface area contributed by atoms with Gasteiger partial charge in [-0.25, -0.2) is 9.97 Å². The van der Waals surface area contributed by atoms with E-state index in [1.165, 1.54) is 0 Å². The van der Waals surface area contributed by atoms with E-state index in [-0.39, 0.29) is 11.8 Å². The summed E-state index contributed by atoms with van der Waals surface area (Å²) in [5.74, 6) is -0.542. The Morgan fingerprint density at radius 2 is 1.04 bits per heavy atom. The molecule has 4 heterocycles. The molecule has 0 saturated carbocycles. The summed E-state index contributed by atoms with van der Waals surface area (Å²) in [5, 5.41) is 7.72. The van der Waals surface area contributed by atoms with E-state index < -0.39 is 0 Å².